The van der Waals surface area contributed by atoms with Gasteiger partial charge in [-0.05, 0) is 39.3 Å². The number of fused-ring (bicyclic) bond motifs is 3. The second-order valence-corrected chi connectivity index (χ2v) is 6.21. The summed E-state index contributed by atoms with van der Waals surface area (Å²) in [4.78, 5) is 29.6. The molecule has 2 heterocycles. The maximum atomic E-state index is 11.1. The van der Waals surface area contributed by atoms with E-state index in [0.29, 0.717) is 12.0 Å². The summed E-state index contributed by atoms with van der Waals surface area (Å²) in [5.41, 5.74) is 2.88. The molecule has 0 fully saturated rings. The smallest absolute Gasteiger partial charge is 0.332 e. The van der Waals surface area contributed by atoms with E-state index >= 15 is 0 Å². The fraction of sp³-hybridized carbons (Fsp3) is 0.294. The molecule has 6 nitrogen and oxygen atoms in total. The van der Waals surface area contributed by atoms with Crippen molar-refractivity contribution in [3.05, 3.63) is 41.7 Å². The monoisotopic (exact) mass is 314 g/mol. The molecule has 0 bridgehead atoms. The van der Waals surface area contributed by atoms with Crippen molar-refractivity contribution in [2.45, 2.75) is 27.2 Å². The predicted octanol–water partition coefficient (Wildman–Crippen LogP) is 3.08. The SMILES string of the molecule is CC(C)(C)C(=O)O.O=C(O)C1=C2C(=Nc3ccncc32)C=CC1. The summed E-state index contributed by atoms with van der Waals surface area (Å²) in [6.07, 6.45) is 7.46. The van der Waals surface area contributed by atoms with Crippen LogP contribution in [0.25, 0.3) is 5.57 Å². The fourth-order valence-electron chi connectivity index (χ4n) is 2.02. The van der Waals surface area contributed by atoms with E-state index in [1.807, 2.05) is 12.2 Å². The minimum Gasteiger partial charge on any atom is -0.481 e. The third kappa shape index (κ3) is 3.53. The molecule has 3 rings (SSSR count). The van der Waals surface area contributed by atoms with Crippen LogP contribution < -0.4 is 0 Å². The van der Waals surface area contributed by atoms with E-state index in [-0.39, 0.29) is 0 Å². The Hall–Kier alpha value is -2.76. The molecule has 1 aliphatic heterocycles. The topological polar surface area (TPSA) is 99.8 Å². The first-order valence-electron chi connectivity index (χ1n) is 7.11. The summed E-state index contributed by atoms with van der Waals surface area (Å²) >= 11 is 0. The lowest BCUT2D eigenvalue weighted by molar-refractivity contribution is -0.145. The third-order valence-electron chi connectivity index (χ3n) is 3.36. The first kappa shape index (κ1) is 16.6. The Morgan fingerprint density at radius 3 is 2.43 bits per heavy atom. The molecular weight excluding hydrogens is 296 g/mol. The number of rotatable bonds is 1. The summed E-state index contributed by atoms with van der Waals surface area (Å²) in [7, 11) is 0. The lowest BCUT2D eigenvalue weighted by Crippen LogP contribution is -2.18. The van der Waals surface area contributed by atoms with Gasteiger partial charge in [-0.2, -0.15) is 0 Å². The number of pyridine rings is 1. The van der Waals surface area contributed by atoms with Crippen LogP contribution in [0.3, 0.4) is 0 Å². The fourth-order valence-corrected chi connectivity index (χ4v) is 2.02. The molecule has 0 saturated heterocycles. The van der Waals surface area contributed by atoms with E-state index in [4.69, 9.17) is 10.2 Å². The zero-order valence-corrected chi connectivity index (χ0v) is 13.2. The number of allylic oxidation sites excluding steroid dienone is 3. The normalized spacial score (nSPS) is 15.2. The largest absolute Gasteiger partial charge is 0.481 e. The molecule has 0 saturated carbocycles. The number of carbonyl (C=O) groups is 2. The van der Waals surface area contributed by atoms with Gasteiger partial charge in [0.05, 0.1) is 22.4 Å². The van der Waals surface area contributed by atoms with Crippen LogP contribution in [-0.4, -0.2) is 32.8 Å². The van der Waals surface area contributed by atoms with E-state index in [1.165, 1.54) is 0 Å². The maximum absolute atomic E-state index is 11.1. The zero-order valence-electron chi connectivity index (χ0n) is 13.2. The molecule has 0 atom stereocenters. The minimum atomic E-state index is -0.885. The van der Waals surface area contributed by atoms with Gasteiger partial charge < -0.3 is 10.2 Å². The summed E-state index contributed by atoms with van der Waals surface area (Å²) in [6, 6.07) is 1.79. The lowest BCUT2D eigenvalue weighted by Gasteiger charge is -2.10. The molecule has 2 N–H and O–H groups in total. The van der Waals surface area contributed by atoms with Gasteiger partial charge in [-0.1, -0.05) is 6.08 Å². The Labute approximate surface area is 133 Å². The van der Waals surface area contributed by atoms with Crippen molar-refractivity contribution < 1.29 is 19.8 Å². The number of aliphatic carboxylic acids is 2. The number of aromatic nitrogens is 1. The van der Waals surface area contributed by atoms with Crippen LogP contribution in [0.2, 0.25) is 0 Å². The van der Waals surface area contributed by atoms with Crippen molar-refractivity contribution in [3.8, 4) is 0 Å². The van der Waals surface area contributed by atoms with Gasteiger partial charge in [-0.25, -0.2) is 9.79 Å². The lowest BCUT2D eigenvalue weighted by atomic mass is 9.92. The first-order chi connectivity index (χ1) is 10.7. The Kier molecular flexibility index (Phi) is 4.45. The third-order valence-corrected chi connectivity index (χ3v) is 3.36. The maximum Gasteiger partial charge on any atom is 0.332 e. The Morgan fingerprint density at radius 1 is 1.22 bits per heavy atom. The van der Waals surface area contributed by atoms with Crippen molar-refractivity contribution >= 4 is 28.9 Å². The highest BCUT2D eigenvalue weighted by atomic mass is 16.4. The van der Waals surface area contributed by atoms with Crippen molar-refractivity contribution in [1.82, 2.24) is 4.98 Å². The molecule has 1 aromatic rings. The van der Waals surface area contributed by atoms with Gasteiger partial charge in [0, 0.05) is 23.5 Å². The number of hydrogen-bond donors (Lipinski definition) is 2. The number of carboxylic acids is 2. The van der Waals surface area contributed by atoms with Gasteiger partial charge in [0.2, 0.25) is 0 Å². The average Bonchev–Trinajstić information content (AvgIpc) is 2.85. The van der Waals surface area contributed by atoms with Crippen LogP contribution in [0.1, 0.15) is 32.8 Å². The van der Waals surface area contributed by atoms with Crippen molar-refractivity contribution in [1.29, 1.82) is 0 Å². The molecule has 120 valence electrons. The molecule has 1 aliphatic carbocycles. The van der Waals surface area contributed by atoms with Gasteiger partial charge in [0.25, 0.3) is 0 Å². The van der Waals surface area contributed by atoms with Crippen LogP contribution in [0.15, 0.2) is 41.2 Å². The molecule has 1 aromatic heterocycles. The van der Waals surface area contributed by atoms with Crippen LogP contribution in [-0.2, 0) is 9.59 Å². The first-order valence-corrected chi connectivity index (χ1v) is 7.11. The second kappa shape index (κ2) is 6.16. The Balaban J connectivity index is 0.000000236. The molecular formula is C17H18N2O4. The van der Waals surface area contributed by atoms with Gasteiger partial charge in [0.15, 0.2) is 0 Å². The number of hydrogen-bond acceptors (Lipinski definition) is 4. The molecule has 6 heteroatoms. The van der Waals surface area contributed by atoms with Gasteiger partial charge in [-0.15, -0.1) is 0 Å². The molecule has 0 unspecified atom stereocenters. The second-order valence-electron chi connectivity index (χ2n) is 6.21. The van der Waals surface area contributed by atoms with Crippen LogP contribution in [0.5, 0.6) is 0 Å². The highest BCUT2D eigenvalue weighted by Gasteiger charge is 2.27. The summed E-state index contributed by atoms with van der Waals surface area (Å²) in [5.74, 6) is -1.64. The van der Waals surface area contributed by atoms with Gasteiger partial charge in [-0.3, -0.25) is 9.78 Å². The van der Waals surface area contributed by atoms with Crippen LogP contribution >= 0.6 is 0 Å². The van der Waals surface area contributed by atoms with E-state index in [1.54, 1.807) is 39.2 Å². The van der Waals surface area contributed by atoms with E-state index in [9.17, 15) is 9.59 Å². The van der Waals surface area contributed by atoms with Gasteiger partial charge >= 0.3 is 11.9 Å². The summed E-state index contributed by atoms with van der Waals surface area (Å²) in [5, 5.41) is 17.4. The number of carboxylic acid groups (broad SMARTS) is 2. The van der Waals surface area contributed by atoms with E-state index in [2.05, 4.69) is 9.98 Å². The Morgan fingerprint density at radius 2 is 1.87 bits per heavy atom. The molecule has 2 aliphatic rings. The van der Waals surface area contributed by atoms with Crippen molar-refractivity contribution in [3.63, 3.8) is 0 Å². The standard InChI is InChI=1S/C12H8N2O2.C5H10O2/c15-12(16)7-2-1-3-10-11(7)8-6-13-5-4-9(8)14-10;1-5(2,3)4(6)7/h1,3-6H,2H2,(H,15,16);1-3H3,(H,6,7). The van der Waals surface area contributed by atoms with Crippen molar-refractivity contribution in [2.75, 3.05) is 0 Å². The molecule has 0 radical (unpaired) electrons. The summed E-state index contributed by atoms with van der Waals surface area (Å²) in [6.45, 7) is 4.99. The average molecular weight is 314 g/mol. The quantitative estimate of drug-likeness (QED) is 0.829. The molecule has 0 aromatic carbocycles. The zero-order chi connectivity index (χ0) is 17.2. The molecule has 0 spiro atoms. The van der Waals surface area contributed by atoms with Crippen LogP contribution in [0.4, 0.5) is 5.69 Å². The van der Waals surface area contributed by atoms with E-state index < -0.39 is 17.4 Å². The van der Waals surface area contributed by atoms with Crippen LogP contribution in [0, 0.1) is 5.41 Å². The summed E-state index contributed by atoms with van der Waals surface area (Å²) < 4.78 is 0. The predicted molar refractivity (Wildman–Crippen MR) is 86.7 cm³/mol. The highest BCUT2D eigenvalue weighted by Crippen LogP contribution is 2.38. The number of nitrogens with zero attached hydrogens (tertiary/aromatic N) is 2. The minimum absolute atomic E-state index is 0.396. The van der Waals surface area contributed by atoms with E-state index in [0.717, 1.165) is 22.5 Å². The molecule has 23 heavy (non-hydrogen) atoms. The Bertz CT molecular complexity index is 752. The van der Waals surface area contributed by atoms with Gasteiger partial charge in [0.1, 0.15) is 0 Å². The van der Waals surface area contributed by atoms with Crippen molar-refractivity contribution in [2.24, 2.45) is 10.4 Å². The number of aliphatic imine (C=N–C) groups is 1. The molecule has 0 amide bonds. The highest BCUT2D eigenvalue weighted by molar-refractivity contribution is 6.37.